The summed E-state index contributed by atoms with van der Waals surface area (Å²) in [6, 6.07) is 4.89. The summed E-state index contributed by atoms with van der Waals surface area (Å²) in [7, 11) is 0. The minimum Gasteiger partial charge on any atom is -0.399 e. The summed E-state index contributed by atoms with van der Waals surface area (Å²) >= 11 is 0. The van der Waals surface area contributed by atoms with Crippen molar-refractivity contribution in [2.75, 3.05) is 12.3 Å². The lowest BCUT2D eigenvalue weighted by Gasteiger charge is -2.18. The second-order valence-electron chi connectivity index (χ2n) is 5.23. The first-order valence-electron chi connectivity index (χ1n) is 7.18. The van der Waals surface area contributed by atoms with Gasteiger partial charge in [0.1, 0.15) is 18.0 Å². The van der Waals surface area contributed by atoms with Crippen molar-refractivity contribution in [3.8, 4) is 0 Å². The van der Waals surface area contributed by atoms with E-state index in [0.717, 1.165) is 11.9 Å². The van der Waals surface area contributed by atoms with Gasteiger partial charge in [-0.15, -0.1) is 0 Å². The zero-order valence-electron chi connectivity index (χ0n) is 12.6. The largest absolute Gasteiger partial charge is 0.399 e. The van der Waals surface area contributed by atoms with Crippen molar-refractivity contribution in [3.63, 3.8) is 0 Å². The molecule has 1 amide bonds. The number of aliphatic hydroxyl groups excluding tert-OH is 1. The minimum atomic E-state index is -0.764. The van der Waals surface area contributed by atoms with Crippen LogP contribution in [0.2, 0.25) is 0 Å². The standard InChI is InChI=1S/C15H22N4O2/c1-4-7-17-15(21)9(2)19-13-6-5-11(16)8-12(13)18-14(19)10(3)20/h5-6,8-10,20H,4,7,16H2,1-3H3,(H,17,21). The number of imidazole rings is 1. The molecule has 0 aliphatic rings. The van der Waals surface area contributed by atoms with Gasteiger partial charge in [0.15, 0.2) is 0 Å². The Labute approximate surface area is 124 Å². The minimum absolute atomic E-state index is 0.0881. The van der Waals surface area contributed by atoms with E-state index in [-0.39, 0.29) is 5.91 Å². The number of hydrogen-bond acceptors (Lipinski definition) is 4. The average molecular weight is 290 g/mol. The number of benzene rings is 1. The number of nitrogens with one attached hydrogen (secondary N) is 1. The molecule has 0 bridgehead atoms. The second-order valence-corrected chi connectivity index (χ2v) is 5.23. The van der Waals surface area contributed by atoms with Gasteiger partial charge in [-0.25, -0.2) is 4.98 Å². The zero-order valence-corrected chi connectivity index (χ0v) is 12.6. The molecule has 2 unspecified atom stereocenters. The molecule has 0 aliphatic carbocycles. The number of nitrogen functional groups attached to an aromatic ring is 1. The van der Waals surface area contributed by atoms with Gasteiger partial charge in [0.05, 0.1) is 11.0 Å². The molecule has 0 spiro atoms. The highest BCUT2D eigenvalue weighted by atomic mass is 16.3. The van der Waals surface area contributed by atoms with E-state index in [0.29, 0.717) is 23.6 Å². The second kappa shape index (κ2) is 6.13. The molecule has 0 aliphatic heterocycles. The number of rotatable bonds is 5. The van der Waals surface area contributed by atoms with Crippen LogP contribution in [0.1, 0.15) is 45.2 Å². The van der Waals surface area contributed by atoms with Crippen molar-refractivity contribution in [2.45, 2.75) is 39.3 Å². The molecule has 4 N–H and O–H groups in total. The summed E-state index contributed by atoms with van der Waals surface area (Å²) in [4.78, 5) is 16.6. The summed E-state index contributed by atoms with van der Waals surface area (Å²) < 4.78 is 1.77. The van der Waals surface area contributed by atoms with Crippen LogP contribution in [0.5, 0.6) is 0 Å². The maximum absolute atomic E-state index is 12.2. The van der Waals surface area contributed by atoms with Gasteiger partial charge in [-0.3, -0.25) is 4.79 Å². The third-order valence-electron chi connectivity index (χ3n) is 3.43. The number of aromatic nitrogens is 2. The van der Waals surface area contributed by atoms with Crippen LogP contribution in [0.25, 0.3) is 11.0 Å². The van der Waals surface area contributed by atoms with Gasteiger partial charge >= 0.3 is 0 Å². The Morgan fingerprint density at radius 2 is 2.19 bits per heavy atom. The number of carbonyl (C=O) groups excluding carboxylic acids is 1. The van der Waals surface area contributed by atoms with Crippen LogP contribution in [0, 0.1) is 0 Å². The third-order valence-corrected chi connectivity index (χ3v) is 3.43. The van der Waals surface area contributed by atoms with E-state index in [9.17, 15) is 9.90 Å². The molecule has 2 atom stereocenters. The van der Waals surface area contributed by atoms with Crippen molar-refractivity contribution in [2.24, 2.45) is 0 Å². The molecule has 2 aromatic rings. The molecule has 1 aromatic heterocycles. The molecule has 0 radical (unpaired) electrons. The Bertz CT molecular complexity index is 648. The van der Waals surface area contributed by atoms with Gasteiger partial charge in [-0.2, -0.15) is 0 Å². The molecule has 0 fully saturated rings. The number of nitrogens with zero attached hydrogens (tertiary/aromatic N) is 2. The average Bonchev–Trinajstić information content (AvgIpc) is 2.82. The molecule has 1 aromatic carbocycles. The predicted octanol–water partition coefficient (Wildman–Crippen LogP) is 1.76. The van der Waals surface area contributed by atoms with E-state index in [2.05, 4.69) is 10.3 Å². The number of fused-ring (bicyclic) bond motifs is 1. The van der Waals surface area contributed by atoms with E-state index < -0.39 is 12.1 Å². The molecule has 6 nitrogen and oxygen atoms in total. The highest BCUT2D eigenvalue weighted by molar-refractivity contribution is 5.85. The Morgan fingerprint density at radius 3 is 2.81 bits per heavy atom. The summed E-state index contributed by atoms with van der Waals surface area (Å²) in [5.41, 5.74) is 7.85. The monoisotopic (exact) mass is 290 g/mol. The number of aliphatic hydroxyl groups is 1. The van der Waals surface area contributed by atoms with Crippen LogP contribution in [0.3, 0.4) is 0 Å². The summed E-state index contributed by atoms with van der Waals surface area (Å²) in [6.45, 7) is 6.07. The Balaban J connectivity index is 2.49. The fourth-order valence-electron chi connectivity index (χ4n) is 2.35. The van der Waals surface area contributed by atoms with Crippen molar-refractivity contribution in [1.29, 1.82) is 0 Å². The van der Waals surface area contributed by atoms with Crippen LogP contribution in [0.15, 0.2) is 18.2 Å². The fourth-order valence-corrected chi connectivity index (χ4v) is 2.35. The first kappa shape index (κ1) is 15.3. The summed E-state index contributed by atoms with van der Waals surface area (Å²) in [5.74, 6) is 0.379. The van der Waals surface area contributed by atoms with Crippen LogP contribution in [-0.4, -0.2) is 27.1 Å². The quantitative estimate of drug-likeness (QED) is 0.731. The van der Waals surface area contributed by atoms with Gasteiger partial charge < -0.3 is 20.7 Å². The predicted molar refractivity (Wildman–Crippen MR) is 82.8 cm³/mol. The van der Waals surface area contributed by atoms with Crippen molar-refractivity contribution in [1.82, 2.24) is 14.9 Å². The lowest BCUT2D eigenvalue weighted by atomic mass is 10.2. The van der Waals surface area contributed by atoms with Crippen molar-refractivity contribution >= 4 is 22.6 Å². The zero-order chi connectivity index (χ0) is 15.6. The Morgan fingerprint density at radius 1 is 1.48 bits per heavy atom. The highest BCUT2D eigenvalue weighted by Gasteiger charge is 2.23. The number of anilines is 1. The van der Waals surface area contributed by atoms with Crippen LogP contribution >= 0.6 is 0 Å². The SMILES string of the molecule is CCCNC(=O)C(C)n1c(C(C)O)nc2cc(N)ccc21. The number of nitrogens with two attached hydrogens (primary N) is 1. The Hall–Kier alpha value is -2.08. The van der Waals surface area contributed by atoms with Gasteiger partial charge in [0.2, 0.25) is 5.91 Å². The van der Waals surface area contributed by atoms with Crippen LogP contribution in [-0.2, 0) is 4.79 Å². The number of carbonyl (C=O) groups is 1. The van der Waals surface area contributed by atoms with Crippen LogP contribution in [0.4, 0.5) is 5.69 Å². The van der Waals surface area contributed by atoms with E-state index in [4.69, 9.17) is 5.73 Å². The fraction of sp³-hybridized carbons (Fsp3) is 0.467. The molecule has 21 heavy (non-hydrogen) atoms. The lowest BCUT2D eigenvalue weighted by molar-refractivity contribution is -0.123. The van der Waals surface area contributed by atoms with Gasteiger partial charge in [0.25, 0.3) is 0 Å². The van der Waals surface area contributed by atoms with E-state index in [1.807, 2.05) is 13.0 Å². The molecular weight excluding hydrogens is 268 g/mol. The van der Waals surface area contributed by atoms with E-state index >= 15 is 0 Å². The first-order chi connectivity index (χ1) is 9.95. The maximum Gasteiger partial charge on any atom is 0.242 e. The first-order valence-corrected chi connectivity index (χ1v) is 7.18. The molecule has 0 saturated carbocycles. The lowest BCUT2D eigenvalue weighted by Crippen LogP contribution is -2.32. The number of hydrogen-bond donors (Lipinski definition) is 3. The third kappa shape index (κ3) is 3.00. The molecular formula is C15H22N4O2. The summed E-state index contributed by atoms with van der Waals surface area (Å²) in [5, 5.41) is 12.8. The van der Waals surface area contributed by atoms with E-state index in [1.165, 1.54) is 0 Å². The normalized spacial score (nSPS) is 14.1. The number of amides is 1. The molecule has 0 saturated heterocycles. The van der Waals surface area contributed by atoms with E-state index in [1.54, 1.807) is 30.5 Å². The summed E-state index contributed by atoms with van der Waals surface area (Å²) in [6.07, 6.45) is 0.114. The highest BCUT2D eigenvalue weighted by Crippen LogP contribution is 2.26. The van der Waals surface area contributed by atoms with Gasteiger partial charge in [0, 0.05) is 12.2 Å². The Kier molecular flexibility index (Phi) is 4.47. The molecule has 2 rings (SSSR count). The smallest absolute Gasteiger partial charge is 0.242 e. The van der Waals surface area contributed by atoms with Gasteiger partial charge in [-0.05, 0) is 38.5 Å². The molecule has 114 valence electrons. The topological polar surface area (TPSA) is 93.2 Å². The van der Waals surface area contributed by atoms with Crippen LogP contribution < -0.4 is 11.1 Å². The van der Waals surface area contributed by atoms with Crippen molar-refractivity contribution < 1.29 is 9.90 Å². The molecule has 6 heteroatoms. The van der Waals surface area contributed by atoms with Gasteiger partial charge in [-0.1, -0.05) is 6.92 Å². The molecule has 1 heterocycles. The maximum atomic E-state index is 12.2. The van der Waals surface area contributed by atoms with Crippen molar-refractivity contribution in [3.05, 3.63) is 24.0 Å².